The normalized spacial score (nSPS) is 10.2. The molecule has 7 heteroatoms. The first-order valence-corrected chi connectivity index (χ1v) is 5.90. The third-order valence-electron chi connectivity index (χ3n) is 2.43. The van der Waals surface area contributed by atoms with Crippen LogP contribution in [0.1, 0.15) is 11.3 Å². The molecule has 0 saturated carbocycles. The van der Waals surface area contributed by atoms with Crippen LogP contribution in [0.4, 0.5) is 0 Å². The molecule has 0 aliphatic heterocycles. The molecule has 0 atom stereocenters. The molecule has 0 aliphatic rings. The molecule has 1 aromatic heterocycles. The van der Waals surface area contributed by atoms with Crippen molar-refractivity contribution in [3.8, 4) is 0 Å². The number of hydrogen-bond acceptors (Lipinski definition) is 4. The molecular weight excluding hydrogens is 262 g/mol. The second-order valence-electron chi connectivity index (χ2n) is 4.09. The second kappa shape index (κ2) is 6.48. The van der Waals surface area contributed by atoms with E-state index in [9.17, 15) is 14.4 Å². The molecule has 1 aromatic carbocycles. The minimum atomic E-state index is -0.648. The van der Waals surface area contributed by atoms with Crippen LogP contribution in [0.3, 0.4) is 0 Å². The summed E-state index contributed by atoms with van der Waals surface area (Å²) in [6.45, 7) is 0.235. The molecule has 104 valence electrons. The summed E-state index contributed by atoms with van der Waals surface area (Å²) in [6, 6.07) is 10.5. The van der Waals surface area contributed by atoms with Gasteiger partial charge in [-0.15, -0.1) is 0 Å². The van der Waals surface area contributed by atoms with Crippen LogP contribution in [0.2, 0.25) is 0 Å². The Hall–Kier alpha value is -2.67. The number of hydrogen-bond donors (Lipinski definition) is 3. The molecule has 1 amide bonds. The fraction of sp³-hybridized carbons (Fsp3) is 0.154. The van der Waals surface area contributed by atoms with Crippen molar-refractivity contribution in [2.75, 3.05) is 0 Å². The summed E-state index contributed by atoms with van der Waals surface area (Å²) >= 11 is 0. The number of H-pyrrole nitrogens is 2. The molecule has 1 heterocycles. The van der Waals surface area contributed by atoms with Crippen molar-refractivity contribution >= 4 is 5.91 Å². The SMILES string of the molecule is O=C(Cc1cc(=O)[nH]c(=O)[nH]1)NOCc1ccccc1. The number of aromatic amines is 2. The Labute approximate surface area is 113 Å². The quantitative estimate of drug-likeness (QED) is 0.660. The fourth-order valence-electron chi connectivity index (χ4n) is 1.60. The highest BCUT2D eigenvalue weighted by atomic mass is 16.6. The maximum atomic E-state index is 11.6. The van der Waals surface area contributed by atoms with Crippen LogP contribution in [0.5, 0.6) is 0 Å². The molecular formula is C13H13N3O4. The van der Waals surface area contributed by atoms with Gasteiger partial charge in [-0.1, -0.05) is 30.3 Å². The van der Waals surface area contributed by atoms with Crippen molar-refractivity contribution in [2.24, 2.45) is 0 Å². The lowest BCUT2D eigenvalue weighted by Gasteiger charge is -2.05. The third kappa shape index (κ3) is 4.21. The van der Waals surface area contributed by atoms with Gasteiger partial charge >= 0.3 is 5.69 Å². The van der Waals surface area contributed by atoms with Crippen molar-refractivity contribution < 1.29 is 9.63 Å². The molecule has 0 saturated heterocycles. The smallest absolute Gasteiger partial charge is 0.311 e. The number of rotatable bonds is 5. The van der Waals surface area contributed by atoms with Crippen molar-refractivity contribution in [1.29, 1.82) is 0 Å². The van der Waals surface area contributed by atoms with E-state index in [0.717, 1.165) is 11.6 Å². The fourth-order valence-corrected chi connectivity index (χ4v) is 1.60. The Kier molecular flexibility index (Phi) is 4.46. The van der Waals surface area contributed by atoms with Gasteiger partial charge in [0.15, 0.2) is 0 Å². The zero-order valence-electron chi connectivity index (χ0n) is 10.5. The maximum absolute atomic E-state index is 11.6. The van der Waals surface area contributed by atoms with Crippen molar-refractivity contribution in [2.45, 2.75) is 13.0 Å². The number of carbonyl (C=O) groups excluding carboxylic acids is 1. The molecule has 2 aromatic rings. The highest BCUT2D eigenvalue weighted by molar-refractivity contribution is 5.76. The van der Waals surface area contributed by atoms with Crippen LogP contribution < -0.4 is 16.7 Å². The summed E-state index contributed by atoms with van der Waals surface area (Å²) in [5.41, 5.74) is 2.18. The number of aromatic nitrogens is 2. The molecule has 0 bridgehead atoms. The van der Waals surface area contributed by atoms with E-state index < -0.39 is 17.2 Å². The molecule has 0 spiro atoms. The summed E-state index contributed by atoms with van der Waals surface area (Å²) < 4.78 is 0. The second-order valence-corrected chi connectivity index (χ2v) is 4.09. The van der Waals surface area contributed by atoms with E-state index >= 15 is 0 Å². The van der Waals surface area contributed by atoms with E-state index in [0.29, 0.717) is 0 Å². The van der Waals surface area contributed by atoms with Gasteiger partial charge in [-0.3, -0.25) is 19.4 Å². The lowest BCUT2D eigenvalue weighted by Crippen LogP contribution is -2.29. The Bertz CT molecular complexity index is 662. The predicted molar refractivity (Wildman–Crippen MR) is 70.8 cm³/mol. The zero-order valence-corrected chi connectivity index (χ0v) is 10.5. The molecule has 20 heavy (non-hydrogen) atoms. The van der Waals surface area contributed by atoms with Gasteiger partial charge in [0.25, 0.3) is 5.56 Å². The highest BCUT2D eigenvalue weighted by Gasteiger charge is 2.05. The molecule has 0 unspecified atom stereocenters. The molecule has 0 radical (unpaired) electrons. The average molecular weight is 275 g/mol. The van der Waals surface area contributed by atoms with E-state index in [2.05, 4.69) is 10.5 Å². The van der Waals surface area contributed by atoms with E-state index in [1.54, 1.807) is 0 Å². The van der Waals surface area contributed by atoms with Crippen molar-refractivity contribution in [3.63, 3.8) is 0 Å². The van der Waals surface area contributed by atoms with Crippen LogP contribution >= 0.6 is 0 Å². The van der Waals surface area contributed by atoms with Gasteiger partial charge in [-0.05, 0) is 5.56 Å². The largest absolute Gasteiger partial charge is 0.325 e. The van der Waals surface area contributed by atoms with Crippen molar-refractivity contribution in [1.82, 2.24) is 15.4 Å². The minimum absolute atomic E-state index is 0.145. The molecule has 0 aliphatic carbocycles. The summed E-state index contributed by atoms with van der Waals surface area (Å²) in [5, 5.41) is 0. The van der Waals surface area contributed by atoms with Crippen LogP contribution in [-0.2, 0) is 22.7 Å². The lowest BCUT2D eigenvalue weighted by atomic mass is 10.2. The van der Waals surface area contributed by atoms with Gasteiger partial charge in [0.2, 0.25) is 5.91 Å². The Morgan fingerprint density at radius 1 is 1.15 bits per heavy atom. The molecule has 3 N–H and O–H groups in total. The van der Waals surface area contributed by atoms with Gasteiger partial charge in [0, 0.05) is 11.8 Å². The third-order valence-corrected chi connectivity index (χ3v) is 2.43. The topological polar surface area (TPSA) is 104 Å². The van der Waals surface area contributed by atoms with Gasteiger partial charge in [-0.25, -0.2) is 10.3 Å². The first-order valence-electron chi connectivity index (χ1n) is 5.90. The van der Waals surface area contributed by atoms with E-state index in [1.165, 1.54) is 0 Å². The van der Waals surface area contributed by atoms with Crippen LogP contribution in [0.15, 0.2) is 46.0 Å². The lowest BCUT2D eigenvalue weighted by molar-refractivity contribution is -0.133. The molecule has 2 rings (SSSR count). The van der Waals surface area contributed by atoms with Crippen LogP contribution in [0, 0.1) is 0 Å². The average Bonchev–Trinajstić information content (AvgIpc) is 2.38. The van der Waals surface area contributed by atoms with Gasteiger partial charge in [0.1, 0.15) is 0 Å². The minimum Gasteiger partial charge on any atom is -0.311 e. The Balaban J connectivity index is 1.84. The summed E-state index contributed by atoms with van der Waals surface area (Å²) in [4.78, 5) is 43.0. The number of amides is 1. The van der Waals surface area contributed by atoms with Crippen molar-refractivity contribution in [3.05, 3.63) is 68.5 Å². The van der Waals surface area contributed by atoms with E-state index in [1.807, 2.05) is 35.3 Å². The van der Waals surface area contributed by atoms with Crippen LogP contribution in [-0.4, -0.2) is 15.9 Å². The Morgan fingerprint density at radius 3 is 2.60 bits per heavy atom. The van der Waals surface area contributed by atoms with Gasteiger partial charge in [-0.2, -0.15) is 0 Å². The summed E-state index contributed by atoms with van der Waals surface area (Å²) in [5.74, 6) is -0.456. The van der Waals surface area contributed by atoms with E-state index in [4.69, 9.17) is 4.84 Å². The first kappa shape index (κ1) is 13.8. The maximum Gasteiger partial charge on any atom is 0.325 e. The highest BCUT2D eigenvalue weighted by Crippen LogP contribution is 1.99. The standard InChI is InChI=1S/C13H13N3O4/c17-11-6-10(14-13(19)15-11)7-12(18)16-20-8-9-4-2-1-3-5-9/h1-6H,7-8H2,(H,16,18)(H2,14,15,17,19). The van der Waals surface area contributed by atoms with Gasteiger partial charge in [0.05, 0.1) is 13.0 Å². The summed E-state index contributed by atoms with van der Waals surface area (Å²) in [7, 11) is 0. The summed E-state index contributed by atoms with van der Waals surface area (Å²) in [6.07, 6.45) is -0.145. The van der Waals surface area contributed by atoms with Crippen LogP contribution in [0.25, 0.3) is 0 Å². The zero-order chi connectivity index (χ0) is 14.4. The molecule has 7 nitrogen and oxygen atoms in total. The molecule has 0 fully saturated rings. The number of nitrogens with one attached hydrogen (secondary N) is 3. The monoisotopic (exact) mass is 275 g/mol. The Morgan fingerprint density at radius 2 is 1.90 bits per heavy atom. The van der Waals surface area contributed by atoms with Gasteiger partial charge < -0.3 is 4.98 Å². The predicted octanol–water partition coefficient (Wildman–Crippen LogP) is -0.146. The number of carbonyl (C=O) groups is 1. The number of hydroxylamine groups is 1. The number of benzene rings is 1. The van der Waals surface area contributed by atoms with E-state index in [-0.39, 0.29) is 18.7 Å². The first-order chi connectivity index (χ1) is 9.63.